The van der Waals surface area contributed by atoms with Crippen molar-refractivity contribution in [3.05, 3.63) is 95.1 Å². The summed E-state index contributed by atoms with van der Waals surface area (Å²) in [7, 11) is 1.60. The fraction of sp³-hybridized carbons (Fsp3) is 0.394. The van der Waals surface area contributed by atoms with Gasteiger partial charge < -0.3 is 23.8 Å². The van der Waals surface area contributed by atoms with Gasteiger partial charge in [0.25, 0.3) is 5.91 Å². The largest absolute Gasteiger partial charge is 0.493 e. The van der Waals surface area contributed by atoms with Crippen molar-refractivity contribution in [3.8, 4) is 11.5 Å². The number of hydrogen-bond acceptors (Lipinski definition) is 6. The summed E-state index contributed by atoms with van der Waals surface area (Å²) in [5.41, 5.74) is 3.57. The first-order valence-electron chi connectivity index (χ1n) is 14.1. The van der Waals surface area contributed by atoms with E-state index in [9.17, 15) is 9.59 Å². The average molecular weight is 544 g/mol. The van der Waals surface area contributed by atoms with E-state index in [2.05, 4.69) is 0 Å². The van der Waals surface area contributed by atoms with Crippen molar-refractivity contribution in [2.75, 3.05) is 13.7 Å². The van der Waals surface area contributed by atoms with E-state index in [4.69, 9.17) is 18.9 Å². The van der Waals surface area contributed by atoms with Crippen LogP contribution in [-0.4, -0.2) is 42.6 Å². The molecule has 1 fully saturated rings. The molecular formula is C33H37NO6. The number of methoxy groups -OCH3 is 1. The molecular weight excluding hydrogens is 506 g/mol. The summed E-state index contributed by atoms with van der Waals surface area (Å²) in [5.74, 6) is 0.506. The maximum Gasteiger partial charge on any atom is 0.329 e. The van der Waals surface area contributed by atoms with Crippen molar-refractivity contribution in [1.82, 2.24) is 4.90 Å². The number of ether oxygens (including phenoxy) is 4. The molecule has 1 amide bonds. The van der Waals surface area contributed by atoms with Gasteiger partial charge in [-0.3, -0.25) is 4.79 Å². The van der Waals surface area contributed by atoms with Gasteiger partial charge in [-0.15, -0.1) is 0 Å². The molecule has 210 valence electrons. The van der Waals surface area contributed by atoms with Crippen LogP contribution in [0, 0.1) is 0 Å². The molecule has 7 heteroatoms. The second kappa shape index (κ2) is 13.0. The number of nitrogens with zero attached hydrogens (tertiary/aromatic N) is 1. The van der Waals surface area contributed by atoms with Crippen molar-refractivity contribution in [1.29, 1.82) is 0 Å². The third-order valence-corrected chi connectivity index (χ3v) is 7.68. The zero-order valence-corrected chi connectivity index (χ0v) is 23.2. The van der Waals surface area contributed by atoms with Crippen molar-refractivity contribution >= 4 is 11.9 Å². The second-order valence-corrected chi connectivity index (χ2v) is 10.3. The van der Waals surface area contributed by atoms with Gasteiger partial charge in [-0.2, -0.15) is 0 Å². The molecule has 1 heterocycles. The highest BCUT2D eigenvalue weighted by Gasteiger charge is 2.41. The minimum absolute atomic E-state index is 0.0227. The van der Waals surface area contributed by atoms with Crippen LogP contribution in [0.3, 0.4) is 0 Å². The van der Waals surface area contributed by atoms with Crippen molar-refractivity contribution in [3.63, 3.8) is 0 Å². The Labute approximate surface area is 236 Å². The Morgan fingerprint density at radius 3 is 2.33 bits per heavy atom. The summed E-state index contributed by atoms with van der Waals surface area (Å²) in [6.45, 7) is 2.58. The number of carbonyl (C=O) groups excluding carboxylic acids is 2. The molecule has 7 nitrogen and oxygen atoms in total. The number of carbonyl (C=O) groups is 2. The molecule has 2 atom stereocenters. The lowest BCUT2D eigenvalue weighted by atomic mass is 9.91. The van der Waals surface area contributed by atoms with Crippen LogP contribution in [0.4, 0.5) is 0 Å². The molecule has 40 heavy (non-hydrogen) atoms. The first-order chi connectivity index (χ1) is 19.6. The van der Waals surface area contributed by atoms with Crippen molar-refractivity contribution < 1.29 is 28.5 Å². The molecule has 0 unspecified atom stereocenters. The van der Waals surface area contributed by atoms with E-state index in [1.165, 1.54) is 0 Å². The molecule has 3 aromatic rings. The van der Waals surface area contributed by atoms with E-state index < -0.39 is 18.1 Å². The SMILES string of the molecule is CCOC(=O)[C@@H]1Cc2c(ccc(OC)c2OCc2ccccc2)CN1C(=O)[C@@H](OC1CCCC1)c1ccccc1. The molecule has 0 aromatic heterocycles. The molecule has 0 radical (unpaired) electrons. The summed E-state index contributed by atoms with van der Waals surface area (Å²) in [4.78, 5) is 29.2. The smallest absolute Gasteiger partial charge is 0.329 e. The van der Waals surface area contributed by atoms with Crippen LogP contribution in [0.15, 0.2) is 72.8 Å². The first kappa shape index (κ1) is 27.7. The second-order valence-electron chi connectivity index (χ2n) is 10.3. The van der Waals surface area contributed by atoms with E-state index in [0.29, 0.717) is 18.1 Å². The van der Waals surface area contributed by atoms with E-state index in [1.807, 2.05) is 72.8 Å². The van der Waals surface area contributed by atoms with E-state index in [-0.39, 0.29) is 31.6 Å². The Kier molecular flexibility index (Phi) is 9.01. The summed E-state index contributed by atoms with van der Waals surface area (Å²) < 4.78 is 23.9. The van der Waals surface area contributed by atoms with Gasteiger partial charge in [0.15, 0.2) is 17.6 Å². The Hall–Kier alpha value is -3.84. The summed E-state index contributed by atoms with van der Waals surface area (Å²) in [6, 6.07) is 22.4. The van der Waals surface area contributed by atoms with Gasteiger partial charge >= 0.3 is 5.97 Å². The average Bonchev–Trinajstić information content (AvgIpc) is 3.52. The Balaban J connectivity index is 1.49. The standard InChI is InChI=1S/C33H37NO6/c1-3-38-33(36)28-20-27-25(18-19-29(37-2)31(27)39-22-23-12-6-4-7-13-23)21-34(28)32(35)30(24-14-8-5-9-15-24)40-26-16-10-11-17-26/h4-9,12-15,18-19,26,28,30H,3,10-11,16-17,20-22H2,1-2H3/t28-,30-/m0/s1. The van der Waals surface area contributed by atoms with E-state index in [1.54, 1.807) is 18.9 Å². The van der Waals surface area contributed by atoms with Crippen molar-refractivity contribution in [2.24, 2.45) is 0 Å². The number of amides is 1. The monoisotopic (exact) mass is 543 g/mol. The lowest BCUT2D eigenvalue weighted by Gasteiger charge is -2.38. The molecule has 0 saturated heterocycles. The predicted octanol–water partition coefficient (Wildman–Crippen LogP) is 5.79. The molecule has 5 rings (SSSR count). The quantitative estimate of drug-likeness (QED) is 0.301. The van der Waals surface area contributed by atoms with Gasteiger partial charge in [0.05, 0.1) is 19.8 Å². The highest BCUT2D eigenvalue weighted by atomic mass is 16.5. The fourth-order valence-electron chi connectivity index (χ4n) is 5.62. The Morgan fingerprint density at radius 2 is 1.65 bits per heavy atom. The maximum atomic E-state index is 14.3. The van der Waals surface area contributed by atoms with Crippen LogP contribution in [0.1, 0.15) is 61.0 Å². The molecule has 0 bridgehead atoms. The summed E-state index contributed by atoms with van der Waals surface area (Å²) in [6.07, 6.45) is 3.54. The van der Waals surface area contributed by atoms with Crippen LogP contribution in [0.25, 0.3) is 0 Å². The van der Waals surface area contributed by atoms with Gasteiger partial charge in [0, 0.05) is 18.5 Å². The lowest BCUT2D eigenvalue weighted by Crippen LogP contribution is -2.51. The van der Waals surface area contributed by atoms with Crippen LogP contribution in [-0.2, 0) is 38.6 Å². The third kappa shape index (κ3) is 6.15. The van der Waals surface area contributed by atoms with Crippen molar-refractivity contribution in [2.45, 2.75) is 70.4 Å². The van der Waals surface area contributed by atoms with Crippen LogP contribution in [0.5, 0.6) is 11.5 Å². The number of esters is 1. The molecule has 2 aliphatic rings. The number of rotatable bonds is 10. The minimum atomic E-state index is -0.815. The molecule has 1 saturated carbocycles. The van der Waals surface area contributed by atoms with Crippen LogP contribution in [0.2, 0.25) is 0 Å². The van der Waals surface area contributed by atoms with Crippen LogP contribution >= 0.6 is 0 Å². The Morgan fingerprint density at radius 1 is 0.950 bits per heavy atom. The zero-order valence-electron chi connectivity index (χ0n) is 23.2. The molecule has 1 aliphatic heterocycles. The zero-order chi connectivity index (χ0) is 27.9. The topological polar surface area (TPSA) is 74.3 Å². The molecule has 0 N–H and O–H groups in total. The maximum absolute atomic E-state index is 14.3. The lowest BCUT2D eigenvalue weighted by molar-refractivity contribution is -0.163. The molecule has 3 aromatic carbocycles. The number of hydrogen-bond donors (Lipinski definition) is 0. The van der Waals surface area contributed by atoms with Gasteiger partial charge in [0.1, 0.15) is 12.6 Å². The summed E-state index contributed by atoms with van der Waals surface area (Å²) in [5, 5.41) is 0. The normalized spacial score (nSPS) is 17.6. The molecule has 1 aliphatic carbocycles. The van der Waals surface area contributed by atoms with E-state index >= 15 is 0 Å². The van der Waals surface area contributed by atoms with Gasteiger partial charge in [-0.1, -0.05) is 79.6 Å². The highest BCUT2D eigenvalue weighted by Crippen LogP contribution is 2.40. The van der Waals surface area contributed by atoms with Crippen LogP contribution < -0.4 is 9.47 Å². The van der Waals surface area contributed by atoms with Gasteiger partial charge in [-0.05, 0) is 42.5 Å². The minimum Gasteiger partial charge on any atom is -0.493 e. The predicted molar refractivity (Wildman–Crippen MR) is 151 cm³/mol. The highest BCUT2D eigenvalue weighted by molar-refractivity contribution is 5.89. The van der Waals surface area contributed by atoms with Gasteiger partial charge in [0.2, 0.25) is 0 Å². The number of fused-ring (bicyclic) bond motifs is 1. The summed E-state index contributed by atoms with van der Waals surface area (Å²) >= 11 is 0. The van der Waals surface area contributed by atoms with Gasteiger partial charge in [-0.25, -0.2) is 4.79 Å². The Bertz CT molecular complexity index is 1290. The fourth-order valence-corrected chi connectivity index (χ4v) is 5.62. The number of benzene rings is 3. The first-order valence-corrected chi connectivity index (χ1v) is 14.1. The van der Waals surface area contributed by atoms with E-state index in [0.717, 1.165) is 47.9 Å². The third-order valence-electron chi connectivity index (χ3n) is 7.68. The molecule has 0 spiro atoms.